The number of nitrogens with one attached hydrogen (secondary N) is 3. The van der Waals surface area contributed by atoms with Crippen LogP contribution in [0.4, 0.5) is 5.82 Å². The van der Waals surface area contributed by atoms with Crippen LogP contribution in [0.1, 0.15) is 43.9 Å². The maximum Gasteiger partial charge on any atom is 0.293 e. The van der Waals surface area contributed by atoms with Crippen LogP contribution < -0.4 is 16.2 Å². The fourth-order valence-electron chi connectivity index (χ4n) is 4.91. The van der Waals surface area contributed by atoms with Crippen molar-refractivity contribution >= 4 is 22.6 Å². The molecule has 2 fully saturated rings. The van der Waals surface area contributed by atoms with E-state index in [1.165, 1.54) is 23.8 Å². The van der Waals surface area contributed by atoms with Crippen molar-refractivity contribution in [2.75, 3.05) is 25.0 Å². The molecular formula is C26H34N6O2. The van der Waals surface area contributed by atoms with Crippen LogP contribution in [0.5, 0.6) is 0 Å². The number of nitrogens with zero attached hydrogens (tertiary/aromatic N) is 3. The average molecular weight is 463 g/mol. The predicted octanol–water partition coefficient (Wildman–Crippen LogP) is 3.03. The first-order valence-corrected chi connectivity index (χ1v) is 12.3. The zero-order valence-electron chi connectivity index (χ0n) is 20.1. The second-order valence-corrected chi connectivity index (χ2v) is 10.3. The summed E-state index contributed by atoms with van der Waals surface area (Å²) in [4.78, 5) is 35.8. The largest absolute Gasteiger partial charge is 0.364 e. The summed E-state index contributed by atoms with van der Waals surface area (Å²) < 4.78 is 1.50. The lowest BCUT2D eigenvalue weighted by Gasteiger charge is -2.27. The number of aromatic amines is 1. The number of hydrogen-bond acceptors (Lipinski definition) is 5. The van der Waals surface area contributed by atoms with Crippen molar-refractivity contribution in [2.24, 2.45) is 5.41 Å². The van der Waals surface area contributed by atoms with Crippen LogP contribution in [-0.4, -0.2) is 51.0 Å². The van der Waals surface area contributed by atoms with Crippen molar-refractivity contribution in [3.05, 3.63) is 58.3 Å². The second-order valence-electron chi connectivity index (χ2n) is 10.3. The number of amides is 1. The van der Waals surface area contributed by atoms with E-state index in [2.05, 4.69) is 32.4 Å². The first kappa shape index (κ1) is 22.7. The van der Waals surface area contributed by atoms with Crippen LogP contribution in [0.25, 0.3) is 10.9 Å². The van der Waals surface area contributed by atoms with Gasteiger partial charge in [-0.05, 0) is 73.7 Å². The smallest absolute Gasteiger partial charge is 0.293 e. The molecule has 1 saturated heterocycles. The van der Waals surface area contributed by atoms with Crippen molar-refractivity contribution < 1.29 is 4.79 Å². The van der Waals surface area contributed by atoms with Crippen molar-refractivity contribution in [1.82, 2.24) is 24.8 Å². The molecular weight excluding hydrogens is 428 g/mol. The topological polar surface area (TPSA) is 95.1 Å². The number of rotatable bonds is 9. The summed E-state index contributed by atoms with van der Waals surface area (Å²) in [5, 5.41) is 7.32. The van der Waals surface area contributed by atoms with Gasteiger partial charge in [-0.3, -0.25) is 19.1 Å². The quantitative estimate of drug-likeness (QED) is 0.454. The Hall–Kier alpha value is -3.13. The first-order valence-electron chi connectivity index (χ1n) is 12.3. The molecule has 1 saturated carbocycles. The lowest BCUT2D eigenvalue weighted by Crippen LogP contribution is -2.40. The Balaban J connectivity index is 1.19. The zero-order valence-corrected chi connectivity index (χ0v) is 20.1. The molecule has 0 bridgehead atoms. The molecule has 2 aromatic heterocycles. The Morgan fingerprint density at radius 2 is 2.15 bits per heavy atom. The number of carbonyl (C=O) groups excluding carboxylic acids is 1. The normalized spacial score (nSPS) is 19.4. The van der Waals surface area contributed by atoms with Gasteiger partial charge in [0.15, 0.2) is 5.82 Å². The monoisotopic (exact) mass is 462 g/mol. The zero-order chi connectivity index (χ0) is 23.7. The molecule has 3 N–H and O–H groups in total. The summed E-state index contributed by atoms with van der Waals surface area (Å²) in [5.41, 5.74) is 2.99. The summed E-state index contributed by atoms with van der Waals surface area (Å²) >= 11 is 0. The highest BCUT2D eigenvalue weighted by atomic mass is 16.2. The van der Waals surface area contributed by atoms with Crippen LogP contribution in [0.3, 0.4) is 0 Å². The highest BCUT2D eigenvalue weighted by Crippen LogP contribution is 2.46. The maximum atomic E-state index is 13.1. The lowest BCUT2D eigenvalue weighted by atomic mass is 10.1. The Morgan fingerprint density at radius 3 is 2.97 bits per heavy atom. The molecule has 0 spiro atoms. The molecule has 3 heterocycles. The van der Waals surface area contributed by atoms with Gasteiger partial charge in [-0.1, -0.05) is 13.0 Å². The Labute approximate surface area is 199 Å². The minimum absolute atomic E-state index is 0.0256. The van der Waals surface area contributed by atoms with Gasteiger partial charge in [0.05, 0.1) is 0 Å². The van der Waals surface area contributed by atoms with E-state index >= 15 is 0 Å². The number of aromatic nitrogens is 3. The summed E-state index contributed by atoms with van der Waals surface area (Å²) in [6.07, 6.45) is 8.53. The van der Waals surface area contributed by atoms with Crippen LogP contribution in [0.15, 0.2) is 41.5 Å². The SMILES string of the molecule is Cc1cnc(NC[C@H]2CCCN2CC2(C)CC2)c(=O)n1CC(=O)NCc1ccc2[nH]ccc2c1. The molecule has 8 heteroatoms. The summed E-state index contributed by atoms with van der Waals surface area (Å²) in [6.45, 7) is 7.53. The molecule has 8 nitrogen and oxygen atoms in total. The minimum atomic E-state index is -0.248. The van der Waals surface area contributed by atoms with Crippen LogP contribution in [0, 0.1) is 12.3 Å². The van der Waals surface area contributed by atoms with E-state index in [-0.39, 0.29) is 18.0 Å². The predicted molar refractivity (Wildman–Crippen MR) is 134 cm³/mol. The second kappa shape index (κ2) is 9.25. The van der Waals surface area contributed by atoms with E-state index in [9.17, 15) is 9.59 Å². The van der Waals surface area contributed by atoms with Gasteiger partial charge >= 0.3 is 0 Å². The molecule has 1 atom stereocenters. The Kier molecular flexibility index (Phi) is 6.16. The van der Waals surface area contributed by atoms with E-state index in [1.807, 2.05) is 30.5 Å². The molecule has 1 aliphatic heterocycles. The molecule has 180 valence electrons. The van der Waals surface area contributed by atoms with Gasteiger partial charge in [0.1, 0.15) is 6.54 Å². The number of benzene rings is 1. The maximum absolute atomic E-state index is 13.1. The molecule has 3 aromatic rings. The first-order chi connectivity index (χ1) is 16.4. The van der Waals surface area contributed by atoms with E-state index < -0.39 is 0 Å². The van der Waals surface area contributed by atoms with Crippen LogP contribution >= 0.6 is 0 Å². The molecule has 5 rings (SSSR count). The molecule has 2 aliphatic rings. The third-order valence-electron chi connectivity index (χ3n) is 7.36. The van der Waals surface area contributed by atoms with E-state index in [0.29, 0.717) is 36.1 Å². The van der Waals surface area contributed by atoms with Crippen LogP contribution in [-0.2, 0) is 17.9 Å². The van der Waals surface area contributed by atoms with E-state index in [4.69, 9.17) is 0 Å². The third kappa shape index (κ3) is 5.01. The highest BCUT2D eigenvalue weighted by Gasteiger charge is 2.41. The van der Waals surface area contributed by atoms with Crippen molar-refractivity contribution in [3.8, 4) is 0 Å². The van der Waals surface area contributed by atoms with E-state index in [1.54, 1.807) is 13.1 Å². The molecule has 34 heavy (non-hydrogen) atoms. The fraction of sp³-hybridized carbons (Fsp3) is 0.500. The Bertz CT molecular complexity index is 1240. The molecule has 1 aliphatic carbocycles. The molecule has 0 unspecified atom stereocenters. The number of aryl methyl sites for hydroxylation is 1. The summed E-state index contributed by atoms with van der Waals surface area (Å²) in [5.74, 6) is 0.122. The van der Waals surface area contributed by atoms with Crippen LogP contribution in [0.2, 0.25) is 0 Å². The van der Waals surface area contributed by atoms with Gasteiger partial charge in [0.2, 0.25) is 5.91 Å². The van der Waals surface area contributed by atoms with Crippen molar-refractivity contribution in [3.63, 3.8) is 0 Å². The van der Waals surface area contributed by atoms with E-state index in [0.717, 1.165) is 36.0 Å². The lowest BCUT2D eigenvalue weighted by molar-refractivity contribution is -0.121. The summed E-state index contributed by atoms with van der Waals surface area (Å²) in [6, 6.07) is 8.47. The Morgan fingerprint density at radius 1 is 1.29 bits per heavy atom. The highest BCUT2D eigenvalue weighted by molar-refractivity contribution is 5.80. The molecule has 0 radical (unpaired) electrons. The molecule has 1 aromatic carbocycles. The van der Waals surface area contributed by atoms with Crippen molar-refractivity contribution in [1.29, 1.82) is 0 Å². The minimum Gasteiger partial charge on any atom is -0.364 e. The fourth-order valence-corrected chi connectivity index (χ4v) is 4.91. The van der Waals surface area contributed by atoms with Crippen molar-refractivity contribution in [2.45, 2.75) is 58.7 Å². The third-order valence-corrected chi connectivity index (χ3v) is 7.36. The number of hydrogen-bond donors (Lipinski definition) is 3. The number of likely N-dealkylation sites (tertiary alicyclic amines) is 1. The van der Waals surface area contributed by atoms with Gasteiger partial charge in [0.25, 0.3) is 5.56 Å². The van der Waals surface area contributed by atoms with Gasteiger partial charge in [0, 0.05) is 49.3 Å². The van der Waals surface area contributed by atoms with Gasteiger partial charge in [-0.2, -0.15) is 0 Å². The summed E-state index contributed by atoms with van der Waals surface area (Å²) in [7, 11) is 0. The molecule has 1 amide bonds. The average Bonchev–Trinajstić information content (AvgIpc) is 3.19. The van der Waals surface area contributed by atoms with Gasteiger partial charge in [-0.25, -0.2) is 4.98 Å². The number of H-pyrrole nitrogens is 1. The number of fused-ring (bicyclic) bond motifs is 1. The number of anilines is 1. The van der Waals surface area contributed by atoms with Gasteiger partial charge < -0.3 is 15.6 Å². The standard InChI is InChI=1S/C26H34N6O2/c1-18-13-29-24(30-15-21-4-3-11-31(21)17-26(2)8-9-26)25(34)32(18)16-23(33)28-14-19-5-6-22-20(12-19)7-10-27-22/h5-7,10,12-13,21,27H,3-4,8-9,11,14-17H2,1-2H3,(H,28,33)(H,29,30)/t21-/m1/s1. The number of carbonyl (C=O) groups is 1. The van der Waals surface area contributed by atoms with Gasteiger partial charge in [-0.15, -0.1) is 0 Å².